The van der Waals surface area contributed by atoms with Crippen molar-refractivity contribution in [3.05, 3.63) is 35.3 Å². The van der Waals surface area contributed by atoms with Crippen LogP contribution in [0.25, 0.3) is 0 Å². The Bertz CT molecular complexity index is 629. The molecule has 3 N–H and O–H groups in total. The van der Waals surface area contributed by atoms with Gasteiger partial charge in [0.1, 0.15) is 11.6 Å². The number of nitrogen functional groups attached to an aromatic ring is 1. The highest BCUT2D eigenvalue weighted by atomic mass is 19.1. The summed E-state index contributed by atoms with van der Waals surface area (Å²) in [6.45, 7) is 1.68. The number of aromatic nitrogens is 2. The number of carbonyl (C=O) groups excluding carboxylic acids is 1. The number of nitrogens with one attached hydrogen (secondary N) is 1. The summed E-state index contributed by atoms with van der Waals surface area (Å²) in [4.78, 5) is 11.9. The van der Waals surface area contributed by atoms with E-state index in [-0.39, 0.29) is 11.5 Å². The fourth-order valence-corrected chi connectivity index (χ4v) is 1.74. The smallest absolute Gasteiger partial charge is 0.277 e. The molecule has 1 aromatic carbocycles. The summed E-state index contributed by atoms with van der Waals surface area (Å²) in [6.07, 6.45) is 0. The second kappa shape index (κ2) is 5.55. The molecule has 0 saturated heterocycles. The Hall–Kier alpha value is -2.64. The van der Waals surface area contributed by atoms with Gasteiger partial charge in [0.25, 0.3) is 5.91 Å². The number of halogens is 1. The first-order chi connectivity index (χ1) is 9.52. The van der Waals surface area contributed by atoms with Gasteiger partial charge in [0, 0.05) is 5.56 Å². The zero-order valence-corrected chi connectivity index (χ0v) is 10.9. The Morgan fingerprint density at radius 1 is 1.50 bits per heavy atom. The maximum absolute atomic E-state index is 13.3. The lowest BCUT2D eigenvalue weighted by molar-refractivity contribution is 0.0930. The van der Waals surface area contributed by atoms with E-state index in [1.54, 1.807) is 6.92 Å². The predicted octanol–water partition coefficient (Wildman–Crippen LogP) is 1.29. The van der Waals surface area contributed by atoms with E-state index in [1.807, 2.05) is 0 Å². The van der Waals surface area contributed by atoms with Crippen LogP contribution in [0.2, 0.25) is 0 Å². The lowest BCUT2D eigenvalue weighted by Crippen LogP contribution is -2.28. The fourth-order valence-electron chi connectivity index (χ4n) is 1.74. The molecule has 0 radical (unpaired) electrons. The zero-order chi connectivity index (χ0) is 14.7. The van der Waals surface area contributed by atoms with Crippen LogP contribution in [-0.4, -0.2) is 23.3 Å². The number of methoxy groups -OCH3 is 1. The monoisotopic (exact) mass is 280 g/mol. The van der Waals surface area contributed by atoms with Gasteiger partial charge >= 0.3 is 0 Å². The van der Waals surface area contributed by atoms with Crippen molar-refractivity contribution in [1.82, 2.24) is 15.6 Å². The molecular weight excluding hydrogens is 267 g/mol. The van der Waals surface area contributed by atoms with Crippen LogP contribution >= 0.6 is 0 Å². The molecule has 20 heavy (non-hydrogen) atoms. The SMILES string of the molecule is COc1ccc(F)cc1C(C)NC(=O)c1nonc1N. The van der Waals surface area contributed by atoms with Gasteiger partial charge in [-0.3, -0.25) is 4.79 Å². The van der Waals surface area contributed by atoms with Crippen LogP contribution in [-0.2, 0) is 0 Å². The zero-order valence-electron chi connectivity index (χ0n) is 10.9. The molecule has 1 aromatic heterocycles. The number of rotatable bonds is 4. The standard InChI is InChI=1S/C12H13FN4O3/c1-6(8-5-7(13)3-4-9(8)19-2)15-12(18)10-11(14)17-20-16-10/h3-6H,1-2H3,(H2,14,17)(H,15,18). The summed E-state index contributed by atoms with van der Waals surface area (Å²) < 4.78 is 22.8. The molecule has 2 aromatic rings. The molecule has 0 aliphatic rings. The highest BCUT2D eigenvalue weighted by Gasteiger charge is 2.20. The van der Waals surface area contributed by atoms with Crippen molar-refractivity contribution < 1.29 is 18.6 Å². The third-order valence-electron chi connectivity index (χ3n) is 2.73. The molecular formula is C12H13FN4O3. The van der Waals surface area contributed by atoms with Crippen molar-refractivity contribution in [2.75, 3.05) is 12.8 Å². The summed E-state index contributed by atoms with van der Waals surface area (Å²) in [5.74, 6) is -0.640. The minimum absolute atomic E-state index is 0.110. The second-order valence-corrected chi connectivity index (χ2v) is 4.08. The molecule has 1 amide bonds. The Balaban J connectivity index is 2.20. The van der Waals surface area contributed by atoms with E-state index in [4.69, 9.17) is 10.5 Å². The fraction of sp³-hybridized carbons (Fsp3) is 0.250. The molecule has 1 atom stereocenters. The van der Waals surface area contributed by atoms with Crippen molar-refractivity contribution in [3.63, 3.8) is 0 Å². The molecule has 0 aliphatic carbocycles. The number of anilines is 1. The van der Waals surface area contributed by atoms with Crippen molar-refractivity contribution in [2.45, 2.75) is 13.0 Å². The third kappa shape index (κ3) is 2.68. The molecule has 2 rings (SSSR count). The molecule has 1 unspecified atom stereocenters. The summed E-state index contributed by atoms with van der Waals surface area (Å²) in [5.41, 5.74) is 5.80. The largest absolute Gasteiger partial charge is 0.496 e. The quantitative estimate of drug-likeness (QED) is 0.874. The van der Waals surface area contributed by atoms with E-state index >= 15 is 0 Å². The van der Waals surface area contributed by atoms with Crippen molar-refractivity contribution in [3.8, 4) is 5.75 Å². The predicted molar refractivity (Wildman–Crippen MR) is 67.5 cm³/mol. The topological polar surface area (TPSA) is 103 Å². The van der Waals surface area contributed by atoms with Crippen molar-refractivity contribution in [2.24, 2.45) is 0 Å². The van der Waals surface area contributed by atoms with Gasteiger partial charge in [-0.15, -0.1) is 0 Å². The van der Waals surface area contributed by atoms with Gasteiger partial charge in [0.2, 0.25) is 11.5 Å². The number of amides is 1. The number of carbonyl (C=O) groups is 1. The minimum Gasteiger partial charge on any atom is -0.496 e. The van der Waals surface area contributed by atoms with E-state index < -0.39 is 17.8 Å². The van der Waals surface area contributed by atoms with Crippen LogP contribution in [0.5, 0.6) is 5.75 Å². The van der Waals surface area contributed by atoms with Gasteiger partial charge in [0.05, 0.1) is 13.2 Å². The van der Waals surface area contributed by atoms with Crippen LogP contribution in [0, 0.1) is 5.82 Å². The lowest BCUT2D eigenvalue weighted by Gasteiger charge is -2.16. The molecule has 0 spiro atoms. The maximum atomic E-state index is 13.3. The van der Waals surface area contributed by atoms with E-state index in [0.717, 1.165) is 0 Å². The van der Waals surface area contributed by atoms with Gasteiger partial charge in [-0.1, -0.05) is 0 Å². The summed E-state index contributed by atoms with van der Waals surface area (Å²) in [6, 6.07) is 3.54. The van der Waals surface area contributed by atoms with Crippen LogP contribution in [0.1, 0.15) is 29.0 Å². The average molecular weight is 280 g/mol. The van der Waals surface area contributed by atoms with Gasteiger partial charge < -0.3 is 15.8 Å². The first-order valence-corrected chi connectivity index (χ1v) is 5.75. The van der Waals surface area contributed by atoms with Crippen LogP contribution in [0.3, 0.4) is 0 Å². The average Bonchev–Trinajstić information content (AvgIpc) is 2.85. The lowest BCUT2D eigenvalue weighted by atomic mass is 10.1. The summed E-state index contributed by atoms with van der Waals surface area (Å²) in [7, 11) is 1.46. The van der Waals surface area contributed by atoms with Crippen LogP contribution in [0.4, 0.5) is 10.2 Å². The highest BCUT2D eigenvalue weighted by molar-refractivity contribution is 5.96. The van der Waals surface area contributed by atoms with Crippen LogP contribution < -0.4 is 15.8 Å². The van der Waals surface area contributed by atoms with Gasteiger partial charge in [-0.05, 0) is 35.4 Å². The number of hydrogen-bond donors (Lipinski definition) is 2. The molecule has 1 heterocycles. The molecule has 0 fully saturated rings. The minimum atomic E-state index is -0.567. The second-order valence-electron chi connectivity index (χ2n) is 4.08. The number of ether oxygens (including phenoxy) is 1. The van der Waals surface area contributed by atoms with E-state index in [2.05, 4.69) is 20.3 Å². The van der Waals surface area contributed by atoms with E-state index in [9.17, 15) is 9.18 Å². The Kier molecular flexibility index (Phi) is 3.83. The first-order valence-electron chi connectivity index (χ1n) is 5.75. The van der Waals surface area contributed by atoms with Crippen LogP contribution in [0.15, 0.2) is 22.8 Å². The Morgan fingerprint density at radius 3 is 2.85 bits per heavy atom. The summed E-state index contributed by atoms with van der Waals surface area (Å²) in [5, 5.41) is 9.32. The summed E-state index contributed by atoms with van der Waals surface area (Å²) >= 11 is 0. The molecule has 0 bridgehead atoms. The first kappa shape index (κ1) is 13.8. The molecule has 8 heteroatoms. The Labute approximate surface area is 113 Å². The third-order valence-corrected chi connectivity index (χ3v) is 2.73. The van der Waals surface area contributed by atoms with Gasteiger partial charge in [-0.25, -0.2) is 9.02 Å². The number of hydrogen-bond acceptors (Lipinski definition) is 6. The van der Waals surface area contributed by atoms with Crippen molar-refractivity contribution >= 4 is 11.7 Å². The normalized spacial score (nSPS) is 11.9. The van der Waals surface area contributed by atoms with Gasteiger partial charge in [0.15, 0.2) is 0 Å². The highest BCUT2D eigenvalue weighted by Crippen LogP contribution is 2.26. The van der Waals surface area contributed by atoms with E-state index in [0.29, 0.717) is 11.3 Å². The molecule has 0 aliphatic heterocycles. The number of benzene rings is 1. The van der Waals surface area contributed by atoms with Crippen molar-refractivity contribution in [1.29, 1.82) is 0 Å². The van der Waals surface area contributed by atoms with Gasteiger partial charge in [-0.2, -0.15) is 0 Å². The maximum Gasteiger partial charge on any atom is 0.277 e. The number of nitrogens with zero attached hydrogens (tertiary/aromatic N) is 2. The molecule has 106 valence electrons. The molecule has 7 nitrogen and oxygen atoms in total. The molecule has 0 saturated carbocycles. The van der Waals surface area contributed by atoms with E-state index in [1.165, 1.54) is 25.3 Å². The number of nitrogens with two attached hydrogens (primary N) is 1. The Morgan fingerprint density at radius 2 is 2.25 bits per heavy atom.